The number of rotatable bonds is 7. The summed E-state index contributed by atoms with van der Waals surface area (Å²) in [4.78, 5) is 16.6. The first-order chi connectivity index (χ1) is 12.2. The summed E-state index contributed by atoms with van der Waals surface area (Å²) in [6.07, 6.45) is 11.9. The second kappa shape index (κ2) is 11.3. The minimum Gasteiger partial charge on any atom is -0.352 e. The number of carbonyl (C=O) groups is 1. The van der Waals surface area contributed by atoms with Gasteiger partial charge in [0, 0.05) is 31.9 Å². The number of nitrogens with one attached hydrogen (secondary N) is 1. The minimum atomic E-state index is 0. The molecule has 0 saturated heterocycles. The number of nitrogens with two attached hydrogens (primary N) is 1. The molecule has 150 valence electrons. The Labute approximate surface area is 173 Å². The average Bonchev–Trinajstić information content (AvgIpc) is 3.15. The molecule has 2 aromatic rings. The fourth-order valence-corrected chi connectivity index (χ4v) is 3.81. The van der Waals surface area contributed by atoms with Crippen LogP contribution in [0.15, 0.2) is 43.0 Å². The Hall–Kier alpha value is -1.56. The van der Waals surface area contributed by atoms with Crippen LogP contribution < -0.4 is 11.1 Å². The molecule has 0 spiro atoms. The first kappa shape index (κ1) is 23.5. The number of hydrogen-bond donors (Lipinski definition) is 2. The smallest absolute Gasteiger partial charge is 0.220 e. The molecule has 1 saturated carbocycles. The third kappa shape index (κ3) is 6.52. The number of imidazole rings is 1. The summed E-state index contributed by atoms with van der Waals surface area (Å²) in [6.45, 7) is 1.93. The van der Waals surface area contributed by atoms with Gasteiger partial charge in [0.25, 0.3) is 0 Å². The highest BCUT2D eigenvalue weighted by molar-refractivity contribution is 5.85. The van der Waals surface area contributed by atoms with Crippen molar-refractivity contribution in [1.82, 2.24) is 14.9 Å². The van der Waals surface area contributed by atoms with E-state index in [0.29, 0.717) is 19.5 Å². The highest BCUT2D eigenvalue weighted by Gasteiger charge is 2.32. The third-order valence-electron chi connectivity index (χ3n) is 5.39. The van der Waals surface area contributed by atoms with Crippen molar-refractivity contribution in [2.24, 2.45) is 11.1 Å². The second-order valence-electron chi connectivity index (χ2n) is 7.22. The molecule has 1 fully saturated rings. The molecule has 0 unspecified atom stereocenters. The van der Waals surface area contributed by atoms with Crippen LogP contribution in [0.25, 0.3) is 0 Å². The third-order valence-corrected chi connectivity index (χ3v) is 5.39. The van der Waals surface area contributed by atoms with Gasteiger partial charge in [0.15, 0.2) is 0 Å². The van der Waals surface area contributed by atoms with E-state index < -0.39 is 0 Å². The Bertz CT molecular complexity index is 685. The fraction of sp³-hybridized carbons (Fsp3) is 0.500. The molecule has 3 N–H and O–H groups in total. The highest BCUT2D eigenvalue weighted by atomic mass is 35.5. The SMILES string of the molecule is Cl.Cl.NCC1(CC(=O)NCc2ccccc2Cn2ccnc2)CCCCC1. The van der Waals surface area contributed by atoms with E-state index in [0.717, 1.165) is 24.9 Å². The summed E-state index contributed by atoms with van der Waals surface area (Å²) in [5.74, 6) is 0.116. The zero-order valence-corrected chi connectivity index (χ0v) is 17.2. The first-order valence-electron chi connectivity index (χ1n) is 9.20. The number of benzene rings is 1. The van der Waals surface area contributed by atoms with Gasteiger partial charge in [-0.05, 0) is 35.9 Å². The van der Waals surface area contributed by atoms with Crippen LogP contribution >= 0.6 is 24.8 Å². The normalized spacial score (nSPS) is 15.3. The number of aromatic nitrogens is 2. The van der Waals surface area contributed by atoms with Gasteiger partial charge >= 0.3 is 0 Å². The maximum Gasteiger partial charge on any atom is 0.220 e. The van der Waals surface area contributed by atoms with Crippen molar-refractivity contribution in [3.8, 4) is 0 Å². The number of carbonyl (C=O) groups excluding carboxylic acids is 1. The molecule has 0 radical (unpaired) electrons. The van der Waals surface area contributed by atoms with Crippen molar-refractivity contribution in [3.05, 3.63) is 54.1 Å². The van der Waals surface area contributed by atoms with E-state index in [2.05, 4.69) is 22.4 Å². The Morgan fingerprint density at radius 2 is 1.85 bits per heavy atom. The maximum absolute atomic E-state index is 12.5. The highest BCUT2D eigenvalue weighted by Crippen LogP contribution is 2.38. The zero-order chi connectivity index (χ0) is 17.5. The zero-order valence-electron chi connectivity index (χ0n) is 15.6. The van der Waals surface area contributed by atoms with Gasteiger partial charge in [-0.15, -0.1) is 24.8 Å². The lowest BCUT2D eigenvalue weighted by molar-refractivity contribution is -0.124. The van der Waals surface area contributed by atoms with E-state index in [-0.39, 0.29) is 36.1 Å². The summed E-state index contributed by atoms with van der Waals surface area (Å²) in [5, 5.41) is 3.11. The maximum atomic E-state index is 12.5. The number of nitrogens with zero attached hydrogens (tertiary/aromatic N) is 2. The van der Waals surface area contributed by atoms with Crippen LogP contribution in [0.1, 0.15) is 49.7 Å². The van der Waals surface area contributed by atoms with E-state index >= 15 is 0 Å². The van der Waals surface area contributed by atoms with Crippen molar-refractivity contribution >= 4 is 30.7 Å². The van der Waals surface area contributed by atoms with Gasteiger partial charge in [-0.3, -0.25) is 4.79 Å². The van der Waals surface area contributed by atoms with Crippen molar-refractivity contribution in [2.75, 3.05) is 6.54 Å². The van der Waals surface area contributed by atoms with Crippen LogP contribution in [0.5, 0.6) is 0 Å². The van der Waals surface area contributed by atoms with E-state index in [1.54, 1.807) is 6.20 Å². The topological polar surface area (TPSA) is 72.9 Å². The van der Waals surface area contributed by atoms with E-state index in [9.17, 15) is 4.79 Å². The van der Waals surface area contributed by atoms with Crippen molar-refractivity contribution in [1.29, 1.82) is 0 Å². The lowest BCUT2D eigenvalue weighted by atomic mass is 9.71. The Morgan fingerprint density at radius 1 is 1.15 bits per heavy atom. The summed E-state index contributed by atoms with van der Waals surface area (Å²) >= 11 is 0. The molecule has 1 aromatic heterocycles. The monoisotopic (exact) mass is 412 g/mol. The molecule has 1 aliphatic rings. The van der Waals surface area contributed by atoms with Gasteiger partial charge in [-0.1, -0.05) is 43.5 Å². The van der Waals surface area contributed by atoms with Crippen LogP contribution in [0, 0.1) is 5.41 Å². The molecule has 1 aliphatic carbocycles. The quantitative estimate of drug-likeness (QED) is 0.727. The van der Waals surface area contributed by atoms with E-state index in [4.69, 9.17) is 5.73 Å². The van der Waals surface area contributed by atoms with Gasteiger partial charge in [0.05, 0.1) is 6.33 Å². The molecule has 1 heterocycles. The van der Waals surface area contributed by atoms with Crippen molar-refractivity contribution in [2.45, 2.75) is 51.6 Å². The Kier molecular flexibility index (Phi) is 9.84. The molecule has 5 nitrogen and oxygen atoms in total. The van der Waals surface area contributed by atoms with E-state index in [1.165, 1.54) is 24.8 Å². The Morgan fingerprint density at radius 3 is 2.48 bits per heavy atom. The lowest BCUT2D eigenvalue weighted by Crippen LogP contribution is -2.38. The summed E-state index contributed by atoms with van der Waals surface area (Å²) in [6, 6.07) is 8.22. The van der Waals surface area contributed by atoms with Crippen LogP contribution in [-0.4, -0.2) is 22.0 Å². The van der Waals surface area contributed by atoms with Crippen LogP contribution in [0.3, 0.4) is 0 Å². The molecular weight excluding hydrogens is 383 g/mol. The molecule has 1 aromatic carbocycles. The standard InChI is InChI=1S/C20H28N4O.2ClH/c21-15-20(8-4-1-5-9-20)12-19(25)23-13-17-6-2-3-7-18(17)14-24-11-10-22-16-24;;/h2-3,6-7,10-11,16H,1,4-5,8-9,12-15,21H2,(H,23,25);2*1H. The number of hydrogen-bond acceptors (Lipinski definition) is 3. The van der Waals surface area contributed by atoms with Crippen molar-refractivity contribution in [3.63, 3.8) is 0 Å². The largest absolute Gasteiger partial charge is 0.352 e. The summed E-state index contributed by atoms with van der Waals surface area (Å²) < 4.78 is 2.03. The van der Waals surface area contributed by atoms with Crippen LogP contribution in [0.4, 0.5) is 0 Å². The molecule has 0 aliphatic heterocycles. The summed E-state index contributed by atoms with van der Waals surface area (Å²) in [7, 11) is 0. The van der Waals surface area contributed by atoms with Gasteiger partial charge in [-0.25, -0.2) is 4.98 Å². The first-order valence-corrected chi connectivity index (χ1v) is 9.20. The minimum absolute atomic E-state index is 0. The molecule has 3 rings (SSSR count). The Balaban J connectivity index is 0.00000182. The van der Waals surface area contributed by atoms with Gasteiger partial charge < -0.3 is 15.6 Å². The predicted octanol–water partition coefficient (Wildman–Crippen LogP) is 3.69. The number of amides is 1. The average molecular weight is 413 g/mol. The molecule has 27 heavy (non-hydrogen) atoms. The van der Waals surface area contributed by atoms with E-state index in [1.807, 2.05) is 29.2 Å². The van der Waals surface area contributed by atoms with Gasteiger partial charge in [-0.2, -0.15) is 0 Å². The molecule has 1 amide bonds. The predicted molar refractivity (Wildman–Crippen MR) is 113 cm³/mol. The molecule has 7 heteroatoms. The number of halogens is 2. The molecular formula is C20H30Cl2N4O. The molecule has 0 atom stereocenters. The van der Waals surface area contributed by atoms with Gasteiger partial charge in [0.2, 0.25) is 5.91 Å². The van der Waals surface area contributed by atoms with Crippen LogP contribution in [0.2, 0.25) is 0 Å². The second-order valence-corrected chi connectivity index (χ2v) is 7.22. The summed E-state index contributed by atoms with van der Waals surface area (Å²) in [5.41, 5.74) is 8.37. The lowest BCUT2D eigenvalue weighted by Gasteiger charge is -2.35. The fourth-order valence-electron chi connectivity index (χ4n) is 3.81. The van der Waals surface area contributed by atoms with Crippen molar-refractivity contribution < 1.29 is 4.79 Å². The van der Waals surface area contributed by atoms with Gasteiger partial charge in [0.1, 0.15) is 0 Å². The molecule has 0 bridgehead atoms. The van der Waals surface area contributed by atoms with Crippen LogP contribution in [-0.2, 0) is 17.9 Å².